The average Bonchev–Trinajstić information content (AvgIpc) is 2.29. The highest BCUT2D eigenvalue weighted by Gasteiger charge is 2.17. The molecule has 5 nitrogen and oxygen atoms in total. The van der Waals surface area contributed by atoms with Crippen molar-refractivity contribution >= 4 is 5.97 Å². The molecule has 0 aromatic heterocycles. The van der Waals surface area contributed by atoms with Crippen LogP contribution in [0, 0.1) is 0 Å². The molecule has 1 atom stereocenters. The van der Waals surface area contributed by atoms with E-state index in [2.05, 4.69) is 0 Å². The molecule has 5 heteroatoms. The molecule has 0 aliphatic heterocycles. The number of esters is 1. The van der Waals surface area contributed by atoms with Crippen molar-refractivity contribution in [2.75, 3.05) is 20.3 Å². The first kappa shape index (κ1) is 14.6. The third kappa shape index (κ3) is 4.39. The fourth-order valence-electron chi connectivity index (χ4n) is 1.08. The standard InChI is InChI=1S/C11H14O4.H3N/c1-14-7-8-15-11(13)10(12)9-5-3-2-4-6-9;/h2-6,10,12H,7-8H2,1H3;1H3/t10-;/m1./s1. The van der Waals surface area contributed by atoms with E-state index in [9.17, 15) is 9.90 Å². The van der Waals surface area contributed by atoms with Gasteiger partial charge < -0.3 is 20.7 Å². The lowest BCUT2D eigenvalue weighted by atomic mass is 10.1. The van der Waals surface area contributed by atoms with Crippen molar-refractivity contribution in [3.8, 4) is 0 Å². The van der Waals surface area contributed by atoms with Gasteiger partial charge in [0.25, 0.3) is 0 Å². The van der Waals surface area contributed by atoms with Crippen LogP contribution in [0.1, 0.15) is 11.7 Å². The Bertz CT molecular complexity index is 302. The van der Waals surface area contributed by atoms with Crippen LogP contribution in [0.3, 0.4) is 0 Å². The SMILES string of the molecule is COCCOC(=O)[C@H](O)c1ccccc1.N. The molecule has 4 N–H and O–H groups in total. The van der Waals surface area contributed by atoms with E-state index in [4.69, 9.17) is 9.47 Å². The summed E-state index contributed by atoms with van der Waals surface area (Å²) in [4.78, 5) is 11.3. The number of carbonyl (C=O) groups excluding carboxylic acids is 1. The first-order chi connectivity index (χ1) is 7.25. The lowest BCUT2D eigenvalue weighted by molar-refractivity contribution is -0.155. The normalized spacial score (nSPS) is 11.4. The number of hydrogen-bond donors (Lipinski definition) is 2. The van der Waals surface area contributed by atoms with Crippen molar-refractivity contribution in [1.82, 2.24) is 6.15 Å². The predicted molar refractivity (Wildman–Crippen MR) is 59.3 cm³/mol. The van der Waals surface area contributed by atoms with Gasteiger partial charge in [0, 0.05) is 7.11 Å². The number of hydrogen-bond acceptors (Lipinski definition) is 5. The number of benzene rings is 1. The fourth-order valence-corrected chi connectivity index (χ4v) is 1.08. The van der Waals surface area contributed by atoms with Crippen LogP contribution >= 0.6 is 0 Å². The summed E-state index contributed by atoms with van der Waals surface area (Å²) in [5.74, 6) is -0.654. The molecule has 0 aliphatic rings. The molecule has 0 bridgehead atoms. The monoisotopic (exact) mass is 227 g/mol. The van der Waals surface area contributed by atoms with Gasteiger partial charge in [-0.25, -0.2) is 4.79 Å². The topological polar surface area (TPSA) is 90.8 Å². The Morgan fingerprint density at radius 3 is 2.50 bits per heavy atom. The van der Waals surface area contributed by atoms with Crippen LogP contribution in [-0.4, -0.2) is 31.4 Å². The molecular formula is C11H17NO4. The molecule has 0 spiro atoms. The third-order valence-corrected chi connectivity index (χ3v) is 1.87. The zero-order valence-corrected chi connectivity index (χ0v) is 9.26. The van der Waals surface area contributed by atoms with Crippen molar-refractivity contribution in [3.05, 3.63) is 35.9 Å². The van der Waals surface area contributed by atoms with E-state index < -0.39 is 12.1 Å². The van der Waals surface area contributed by atoms with E-state index in [1.54, 1.807) is 24.3 Å². The summed E-state index contributed by atoms with van der Waals surface area (Å²) < 4.78 is 9.50. The molecule has 1 aromatic rings. The van der Waals surface area contributed by atoms with Gasteiger partial charge >= 0.3 is 5.97 Å². The molecule has 0 radical (unpaired) electrons. The van der Waals surface area contributed by atoms with Crippen molar-refractivity contribution in [1.29, 1.82) is 0 Å². The molecule has 1 rings (SSSR count). The second-order valence-corrected chi connectivity index (χ2v) is 2.97. The number of aliphatic hydroxyl groups excluding tert-OH is 1. The Balaban J connectivity index is 0.00000225. The van der Waals surface area contributed by atoms with E-state index in [0.717, 1.165) is 0 Å². The summed E-state index contributed by atoms with van der Waals surface area (Å²) in [5, 5.41) is 9.57. The molecule has 0 amide bonds. The Hall–Kier alpha value is -1.43. The van der Waals surface area contributed by atoms with Crippen LogP contribution in [0.15, 0.2) is 30.3 Å². The molecule has 0 saturated heterocycles. The molecule has 0 heterocycles. The lowest BCUT2D eigenvalue weighted by Gasteiger charge is -2.10. The highest BCUT2D eigenvalue weighted by atomic mass is 16.6. The summed E-state index contributed by atoms with van der Waals surface area (Å²) in [7, 11) is 1.52. The number of aliphatic hydroxyl groups is 1. The number of rotatable bonds is 5. The van der Waals surface area contributed by atoms with Crippen LogP contribution in [0.4, 0.5) is 0 Å². The second-order valence-electron chi connectivity index (χ2n) is 2.97. The zero-order chi connectivity index (χ0) is 11.1. The van der Waals surface area contributed by atoms with Crippen LogP contribution < -0.4 is 6.15 Å². The van der Waals surface area contributed by atoms with Crippen LogP contribution in [0.2, 0.25) is 0 Å². The maximum atomic E-state index is 11.3. The Labute approximate surface area is 94.6 Å². The van der Waals surface area contributed by atoms with E-state index in [0.29, 0.717) is 12.2 Å². The largest absolute Gasteiger partial charge is 0.461 e. The first-order valence-electron chi connectivity index (χ1n) is 4.64. The molecule has 90 valence electrons. The van der Waals surface area contributed by atoms with Crippen LogP contribution in [0.5, 0.6) is 0 Å². The Kier molecular flexibility index (Phi) is 7.11. The van der Waals surface area contributed by atoms with E-state index >= 15 is 0 Å². The minimum atomic E-state index is -1.22. The molecule has 1 aromatic carbocycles. The number of ether oxygens (including phenoxy) is 2. The lowest BCUT2D eigenvalue weighted by Crippen LogP contribution is -2.17. The zero-order valence-electron chi connectivity index (χ0n) is 9.26. The summed E-state index contributed by atoms with van der Waals surface area (Å²) in [6.45, 7) is 0.479. The molecule has 0 fully saturated rings. The van der Waals surface area contributed by atoms with Gasteiger partial charge in [-0.1, -0.05) is 30.3 Å². The van der Waals surface area contributed by atoms with Crippen LogP contribution in [0.25, 0.3) is 0 Å². The van der Waals surface area contributed by atoms with Crippen molar-refractivity contribution < 1.29 is 19.4 Å². The van der Waals surface area contributed by atoms with E-state index in [1.807, 2.05) is 6.07 Å². The minimum absolute atomic E-state index is 0. The Morgan fingerprint density at radius 1 is 1.31 bits per heavy atom. The summed E-state index contributed by atoms with van der Waals surface area (Å²) >= 11 is 0. The number of carbonyl (C=O) groups is 1. The molecule has 0 unspecified atom stereocenters. The van der Waals surface area contributed by atoms with Gasteiger partial charge in [0.2, 0.25) is 0 Å². The van der Waals surface area contributed by atoms with Crippen molar-refractivity contribution in [2.45, 2.75) is 6.10 Å². The van der Waals surface area contributed by atoms with E-state index in [1.165, 1.54) is 7.11 Å². The number of methoxy groups -OCH3 is 1. The molecule has 0 aliphatic carbocycles. The van der Waals surface area contributed by atoms with Gasteiger partial charge in [0.05, 0.1) is 6.61 Å². The highest BCUT2D eigenvalue weighted by molar-refractivity contribution is 5.76. The average molecular weight is 227 g/mol. The maximum Gasteiger partial charge on any atom is 0.339 e. The first-order valence-corrected chi connectivity index (χ1v) is 4.64. The summed E-state index contributed by atoms with van der Waals surface area (Å²) in [5.41, 5.74) is 0.528. The fraction of sp³-hybridized carbons (Fsp3) is 0.364. The van der Waals surface area contributed by atoms with Crippen molar-refractivity contribution in [2.24, 2.45) is 0 Å². The highest BCUT2D eigenvalue weighted by Crippen LogP contribution is 2.13. The van der Waals surface area contributed by atoms with Gasteiger partial charge in [-0.2, -0.15) is 0 Å². The van der Waals surface area contributed by atoms with Crippen molar-refractivity contribution in [3.63, 3.8) is 0 Å². The van der Waals surface area contributed by atoms with Gasteiger partial charge in [-0.05, 0) is 5.56 Å². The van der Waals surface area contributed by atoms with Gasteiger partial charge in [-0.15, -0.1) is 0 Å². The predicted octanol–water partition coefficient (Wildman–Crippen LogP) is 1.07. The van der Waals surface area contributed by atoms with Gasteiger partial charge in [-0.3, -0.25) is 0 Å². The summed E-state index contributed by atoms with van der Waals surface area (Å²) in [6.07, 6.45) is -1.22. The smallest absolute Gasteiger partial charge is 0.339 e. The van der Waals surface area contributed by atoms with E-state index in [-0.39, 0.29) is 12.8 Å². The maximum absolute atomic E-state index is 11.3. The molecular weight excluding hydrogens is 210 g/mol. The minimum Gasteiger partial charge on any atom is -0.461 e. The third-order valence-electron chi connectivity index (χ3n) is 1.87. The quantitative estimate of drug-likeness (QED) is 0.580. The molecule has 0 saturated carbocycles. The van der Waals surface area contributed by atoms with Crippen LogP contribution in [-0.2, 0) is 14.3 Å². The van der Waals surface area contributed by atoms with Gasteiger partial charge in [0.1, 0.15) is 6.61 Å². The second kappa shape index (κ2) is 7.81. The van der Waals surface area contributed by atoms with Gasteiger partial charge in [0.15, 0.2) is 6.10 Å². The molecule has 16 heavy (non-hydrogen) atoms. The summed E-state index contributed by atoms with van der Waals surface area (Å²) in [6, 6.07) is 8.65. The Morgan fingerprint density at radius 2 is 1.94 bits per heavy atom.